The maximum atomic E-state index is 11.7. The number of carbonyl (C=O) groups is 4. The first kappa shape index (κ1) is 11.0. The van der Waals surface area contributed by atoms with Gasteiger partial charge in [-0.15, -0.1) is 0 Å². The van der Waals surface area contributed by atoms with Crippen molar-refractivity contribution in [2.75, 3.05) is 0 Å². The zero-order valence-electron chi connectivity index (χ0n) is 9.46. The minimum atomic E-state index is -0.921. The second-order valence-electron chi connectivity index (χ2n) is 4.98. The van der Waals surface area contributed by atoms with E-state index in [2.05, 4.69) is 21.3 Å². The molecule has 0 radical (unpaired) electrons. The standard InChI is InChI=1S/C10H12N4O4/c15-5-9(13-7(17)11-5)1-2-10(4-3-9)6(16)12-8(18)14-10/h1-4H2,(H2,11,13,15,17)(H2,12,14,16,18). The third kappa shape index (κ3) is 1.31. The Morgan fingerprint density at radius 3 is 1.22 bits per heavy atom. The lowest BCUT2D eigenvalue weighted by Crippen LogP contribution is -2.58. The molecule has 8 nitrogen and oxygen atoms in total. The Morgan fingerprint density at radius 2 is 1.00 bits per heavy atom. The Balaban J connectivity index is 1.79. The molecule has 1 saturated carbocycles. The van der Waals surface area contributed by atoms with E-state index in [1.54, 1.807) is 0 Å². The molecule has 2 spiro atoms. The molecular formula is C10H12N4O4. The minimum Gasteiger partial charge on any atom is -0.323 e. The molecule has 0 bridgehead atoms. The van der Waals surface area contributed by atoms with E-state index in [1.807, 2.05) is 0 Å². The highest BCUT2D eigenvalue weighted by Crippen LogP contribution is 2.38. The number of urea groups is 2. The summed E-state index contributed by atoms with van der Waals surface area (Å²) in [5, 5.41) is 9.61. The molecular weight excluding hydrogens is 240 g/mol. The Labute approximate surface area is 102 Å². The van der Waals surface area contributed by atoms with E-state index in [-0.39, 0.29) is 11.8 Å². The summed E-state index contributed by atoms with van der Waals surface area (Å²) in [5.41, 5.74) is -1.84. The quantitative estimate of drug-likeness (QED) is 0.401. The lowest BCUT2D eigenvalue weighted by atomic mass is 9.72. The average Bonchev–Trinajstić information content (AvgIpc) is 2.72. The number of hydrogen-bond acceptors (Lipinski definition) is 4. The van der Waals surface area contributed by atoms with Crippen LogP contribution in [0.25, 0.3) is 0 Å². The summed E-state index contributed by atoms with van der Waals surface area (Å²) < 4.78 is 0. The number of nitrogens with one attached hydrogen (secondary N) is 4. The lowest BCUT2D eigenvalue weighted by Gasteiger charge is -2.38. The van der Waals surface area contributed by atoms with Gasteiger partial charge in [-0.3, -0.25) is 20.2 Å². The molecule has 3 fully saturated rings. The van der Waals surface area contributed by atoms with Crippen molar-refractivity contribution in [3.63, 3.8) is 0 Å². The summed E-state index contributed by atoms with van der Waals surface area (Å²) >= 11 is 0. The largest absolute Gasteiger partial charge is 0.323 e. The van der Waals surface area contributed by atoms with Crippen LogP contribution in [0.15, 0.2) is 0 Å². The Bertz CT molecular complexity index is 434. The van der Waals surface area contributed by atoms with E-state index in [0.717, 1.165) is 0 Å². The van der Waals surface area contributed by atoms with Crippen LogP contribution in [0.2, 0.25) is 0 Å². The fourth-order valence-electron chi connectivity index (χ4n) is 2.86. The predicted octanol–water partition coefficient (Wildman–Crippen LogP) is -1.28. The van der Waals surface area contributed by atoms with Crippen LogP contribution in [0.5, 0.6) is 0 Å². The highest BCUT2D eigenvalue weighted by molar-refractivity contribution is 6.09. The van der Waals surface area contributed by atoms with Gasteiger partial charge in [0.1, 0.15) is 11.1 Å². The van der Waals surface area contributed by atoms with Gasteiger partial charge < -0.3 is 10.6 Å². The second kappa shape index (κ2) is 3.21. The van der Waals surface area contributed by atoms with Crippen LogP contribution in [0, 0.1) is 0 Å². The van der Waals surface area contributed by atoms with Crippen LogP contribution in [-0.2, 0) is 9.59 Å². The first-order valence-corrected chi connectivity index (χ1v) is 5.73. The molecule has 1 aliphatic carbocycles. The van der Waals surface area contributed by atoms with E-state index in [0.29, 0.717) is 25.7 Å². The van der Waals surface area contributed by atoms with Crippen molar-refractivity contribution in [1.82, 2.24) is 21.3 Å². The van der Waals surface area contributed by atoms with Gasteiger partial charge in [-0.25, -0.2) is 9.59 Å². The maximum Gasteiger partial charge on any atom is 0.322 e. The van der Waals surface area contributed by atoms with Crippen molar-refractivity contribution in [3.05, 3.63) is 0 Å². The Morgan fingerprint density at radius 1 is 0.667 bits per heavy atom. The molecule has 0 aromatic rings. The zero-order chi connectivity index (χ0) is 13.0. The lowest BCUT2D eigenvalue weighted by molar-refractivity contribution is -0.130. The molecule has 2 saturated heterocycles. The first-order chi connectivity index (χ1) is 8.46. The Hall–Kier alpha value is -2.12. The van der Waals surface area contributed by atoms with Gasteiger partial charge in [0, 0.05) is 0 Å². The molecule has 4 N–H and O–H groups in total. The van der Waals surface area contributed by atoms with Gasteiger partial charge in [-0.2, -0.15) is 0 Å². The molecule has 2 aliphatic heterocycles. The van der Waals surface area contributed by atoms with Crippen molar-refractivity contribution < 1.29 is 19.2 Å². The van der Waals surface area contributed by atoms with Crippen molar-refractivity contribution >= 4 is 23.9 Å². The molecule has 2 heterocycles. The van der Waals surface area contributed by atoms with E-state index >= 15 is 0 Å². The van der Waals surface area contributed by atoms with E-state index in [4.69, 9.17) is 0 Å². The van der Waals surface area contributed by atoms with Gasteiger partial charge in [0.2, 0.25) is 0 Å². The van der Waals surface area contributed by atoms with Gasteiger partial charge >= 0.3 is 12.1 Å². The van der Waals surface area contributed by atoms with Gasteiger partial charge in [0.15, 0.2) is 0 Å². The summed E-state index contributed by atoms with van der Waals surface area (Å²) in [6.07, 6.45) is 1.33. The molecule has 0 unspecified atom stereocenters. The normalized spacial score (nSPS) is 38.7. The highest BCUT2D eigenvalue weighted by atomic mass is 16.2. The molecule has 0 aromatic carbocycles. The molecule has 0 atom stereocenters. The zero-order valence-corrected chi connectivity index (χ0v) is 9.46. The molecule has 8 heteroatoms. The van der Waals surface area contributed by atoms with Gasteiger partial charge in [0.05, 0.1) is 0 Å². The van der Waals surface area contributed by atoms with Gasteiger partial charge in [0.25, 0.3) is 11.8 Å². The average molecular weight is 252 g/mol. The Kier molecular flexibility index (Phi) is 1.96. The van der Waals surface area contributed by atoms with Crippen LogP contribution in [0.4, 0.5) is 9.59 Å². The van der Waals surface area contributed by atoms with Crippen molar-refractivity contribution in [1.29, 1.82) is 0 Å². The number of hydrogen-bond donors (Lipinski definition) is 4. The van der Waals surface area contributed by atoms with Gasteiger partial charge in [-0.05, 0) is 25.7 Å². The predicted molar refractivity (Wildman–Crippen MR) is 57.3 cm³/mol. The van der Waals surface area contributed by atoms with E-state index < -0.39 is 23.1 Å². The van der Waals surface area contributed by atoms with Crippen molar-refractivity contribution in [2.24, 2.45) is 0 Å². The van der Waals surface area contributed by atoms with Crippen LogP contribution < -0.4 is 21.3 Å². The maximum absolute atomic E-state index is 11.7. The monoisotopic (exact) mass is 252 g/mol. The molecule has 96 valence electrons. The van der Waals surface area contributed by atoms with Crippen LogP contribution in [-0.4, -0.2) is 35.0 Å². The molecule has 3 aliphatic rings. The third-order valence-electron chi connectivity index (χ3n) is 3.99. The fourth-order valence-corrected chi connectivity index (χ4v) is 2.86. The van der Waals surface area contributed by atoms with Crippen molar-refractivity contribution in [2.45, 2.75) is 36.8 Å². The molecule has 0 aromatic heterocycles. The number of rotatable bonds is 0. The minimum absolute atomic E-state index is 0.332. The summed E-state index contributed by atoms with van der Waals surface area (Å²) in [7, 11) is 0. The number of carbonyl (C=O) groups excluding carboxylic acids is 4. The molecule has 3 rings (SSSR count). The van der Waals surface area contributed by atoms with Crippen LogP contribution in [0.1, 0.15) is 25.7 Å². The van der Waals surface area contributed by atoms with E-state index in [9.17, 15) is 19.2 Å². The fraction of sp³-hybridized carbons (Fsp3) is 0.600. The SMILES string of the molecule is O=C1NC(=O)C2(CCC3(CC2)NC(=O)NC3=O)N1. The van der Waals surface area contributed by atoms with Crippen LogP contribution >= 0.6 is 0 Å². The molecule has 6 amide bonds. The summed E-state index contributed by atoms with van der Waals surface area (Å²) in [5.74, 6) is -0.709. The van der Waals surface area contributed by atoms with Crippen LogP contribution in [0.3, 0.4) is 0 Å². The first-order valence-electron chi connectivity index (χ1n) is 5.73. The summed E-state index contributed by atoms with van der Waals surface area (Å²) in [6.45, 7) is 0. The van der Waals surface area contributed by atoms with E-state index in [1.165, 1.54) is 0 Å². The summed E-state index contributed by atoms with van der Waals surface area (Å²) in [4.78, 5) is 45.8. The van der Waals surface area contributed by atoms with Gasteiger partial charge in [-0.1, -0.05) is 0 Å². The number of imide groups is 2. The summed E-state index contributed by atoms with van der Waals surface area (Å²) in [6, 6.07) is -1.01. The molecule has 18 heavy (non-hydrogen) atoms. The number of amides is 6. The highest BCUT2D eigenvalue weighted by Gasteiger charge is 2.56. The third-order valence-corrected chi connectivity index (χ3v) is 3.99. The smallest absolute Gasteiger partial charge is 0.322 e. The topological polar surface area (TPSA) is 116 Å². The second-order valence-corrected chi connectivity index (χ2v) is 4.98. The van der Waals surface area contributed by atoms with Crippen molar-refractivity contribution in [3.8, 4) is 0 Å².